The van der Waals surface area contributed by atoms with Gasteiger partial charge in [0.05, 0.1) is 11.7 Å². The molecule has 0 aromatic carbocycles. The summed E-state index contributed by atoms with van der Waals surface area (Å²) in [6, 6.07) is 3.38. The van der Waals surface area contributed by atoms with E-state index in [1.54, 1.807) is 0 Å². The normalized spacial score (nSPS) is 20.1. The van der Waals surface area contributed by atoms with Crippen molar-refractivity contribution < 1.29 is 0 Å². The summed E-state index contributed by atoms with van der Waals surface area (Å²) in [5, 5.41) is 8.26. The Morgan fingerprint density at radius 3 is 2.58 bits per heavy atom. The van der Waals surface area contributed by atoms with E-state index in [2.05, 4.69) is 50.1 Å². The topological polar surface area (TPSA) is 29.9 Å². The molecule has 1 aliphatic rings. The molecule has 1 heterocycles. The highest BCUT2D eigenvalue weighted by atomic mass is 15.3. The minimum absolute atomic E-state index is 0.520. The van der Waals surface area contributed by atoms with E-state index in [0.29, 0.717) is 23.9 Å². The minimum atomic E-state index is 0.520. The fraction of sp³-hybridized carbons (Fsp3) is 0.812. The fourth-order valence-corrected chi connectivity index (χ4v) is 3.10. The van der Waals surface area contributed by atoms with Crippen molar-refractivity contribution in [2.45, 2.75) is 65.0 Å². The van der Waals surface area contributed by atoms with Gasteiger partial charge in [-0.3, -0.25) is 4.68 Å². The van der Waals surface area contributed by atoms with Gasteiger partial charge < -0.3 is 5.32 Å². The van der Waals surface area contributed by atoms with E-state index < -0.39 is 0 Å². The predicted molar refractivity (Wildman–Crippen MR) is 80.3 cm³/mol. The average molecular weight is 263 g/mol. The van der Waals surface area contributed by atoms with Crippen LogP contribution in [0.3, 0.4) is 0 Å². The molecule has 1 N–H and O–H groups in total. The summed E-state index contributed by atoms with van der Waals surface area (Å²) in [7, 11) is 2.07. The maximum atomic E-state index is 4.80. The Kier molecular flexibility index (Phi) is 5.03. The Morgan fingerprint density at radius 2 is 2.00 bits per heavy atom. The molecule has 0 saturated heterocycles. The van der Waals surface area contributed by atoms with E-state index in [4.69, 9.17) is 5.10 Å². The lowest BCUT2D eigenvalue weighted by molar-refractivity contribution is 0.307. The molecule has 1 aromatic heterocycles. The van der Waals surface area contributed by atoms with Gasteiger partial charge in [-0.2, -0.15) is 5.10 Å². The molecule has 1 saturated carbocycles. The van der Waals surface area contributed by atoms with Crippen LogP contribution >= 0.6 is 0 Å². The van der Waals surface area contributed by atoms with Gasteiger partial charge in [0.1, 0.15) is 0 Å². The van der Waals surface area contributed by atoms with Crippen molar-refractivity contribution in [1.82, 2.24) is 15.1 Å². The van der Waals surface area contributed by atoms with Gasteiger partial charge in [0, 0.05) is 18.7 Å². The molecule has 0 amide bonds. The molecule has 1 fully saturated rings. The third kappa shape index (κ3) is 3.59. The van der Waals surface area contributed by atoms with Crippen LogP contribution in [0.25, 0.3) is 0 Å². The second-order valence-corrected chi connectivity index (χ2v) is 6.43. The summed E-state index contributed by atoms with van der Waals surface area (Å²) >= 11 is 0. The molecule has 19 heavy (non-hydrogen) atoms. The molecule has 2 rings (SSSR count). The van der Waals surface area contributed by atoms with Crippen molar-refractivity contribution in [1.29, 1.82) is 0 Å². The van der Waals surface area contributed by atoms with Gasteiger partial charge in [0.25, 0.3) is 0 Å². The third-order valence-electron chi connectivity index (χ3n) is 4.85. The number of rotatable bonds is 6. The highest BCUT2D eigenvalue weighted by molar-refractivity contribution is 5.03. The van der Waals surface area contributed by atoms with Crippen molar-refractivity contribution >= 4 is 0 Å². The Hall–Kier alpha value is -0.830. The first-order valence-electron chi connectivity index (χ1n) is 7.83. The van der Waals surface area contributed by atoms with Gasteiger partial charge >= 0.3 is 0 Å². The minimum Gasteiger partial charge on any atom is -0.316 e. The van der Waals surface area contributed by atoms with E-state index in [0.717, 1.165) is 6.42 Å². The molecular formula is C16H29N3. The number of aromatic nitrogens is 2. The van der Waals surface area contributed by atoms with Gasteiger partial charge in [-0.1, -0.05) is 33.6 Å². The van der Waals surface area contributed by atoms with Crippen LogP contribution in [-0.2, 0) is 6.42 Å². The molecule has 108 valence electrons. The quantitative estimate of drug-likeness (QED) is 0.852. The molecule has 0 spiro atoms. The Labute approximate surface area is 117 Å². The van der Waals surface area contributed by atoms with Crippen LogP contribution in [0.4, 0.5) is 0 Å². The zero-order valence-electron chi connectivity index (χ0n) is 12.9. The Balaban J connectivity index is 1.97. The van der Waals surface area contributed by atoms with Gasteiger partial charge in [-0.25, -0.2) is 0 Å². The molecular weight excluding hydrogens is 234 g/mol. The summed E-state index contributed by atoms with van der Waals surface area (Å²) in [4.78, 5) is 0. The first kappa shape index (κ1) is 14.6. The maximum absolute atomic E-state index is 4.80. The molecule has 2 atom stereocenters. The second kappa shape index (κ2) is 6.56. The van der Waals surface area contributed by atoms with Crippen LogP contribution in [0.2, 0.25) is 0 Å². The highest BCUT2D eigenvalue weighted by Crippen LogP contribution is 2.29. The monoisotopic (exact) mass is 263 g/mol. The standard InChI is InChI=1S/C16H29N3/c1-12(2)13(3)16(17-4)11-14-9-10-19(18-14)15-7-5-6-8-15/h9-10,12-13,15-17H,5-8,11H2,1-4H3. The van der Waals surface area contributed by atoms with E-state index in [9.17, 15) is 0 Å². The highest BCUT2D eigenvalue weighted by Gasteiger charge is 2.21. The second-order valence-electron chi connectivity index (χ2n) is 6.43. The molecule has 0 radical (unpaired) electrons. The fourth-order valence-electron chi connectivity index (χ4n) is 3.10. The molecule has 0 bridgehead atoms. The average Bonchev–Trinajstić information content (AvgIpc) is 3.05. The summed E-state index contributed by atoms with van der Waals surface area (Å²) in [5.74, 6) is 1.37. The van der Waals surface area contributed by atoms with E-state index in [1.165, 1.54) is 31.4 Å². The van der Waals surface area contributed by atoms with Crippen LogP contribution in [0.1, 0.15) is 58.2 Å². The van der Waals surface area contributed by atoms with Crippen LogP contribution < -0.4 is 5.32 Å². The van der Waals surface area contributed by atoms with Crippen LogP contribution in [0.15, 0.2) is 12.3 Å². The van der Waals surface area contributed by atoms with Crippen LogP contribution in [0, 0.1) is 11.8 Å². The first-order valence-corrected chi connectivity index (χ1v) is 7.83. The molecule has 0 aliphatic heterocycles. The van der Waals surface area contributed by atoms with Crippen molar-refractivity contribution in [3.8, 4) is 0 Å². The summed E-state index contributed by atoms with van der Waals surface area (Å²) < 4.78 is 2.20. The van der Waals surface area contributed by atoms with Crippen molar-refractivity contribution in [3.05, 3.63) is 18.0 Å². The van der Waals surface area contributed by atoms with Gasteiger partial charge in [-0.05, 0) is 37.8 Å². The van der Waals surface area contributed by atoms with Crippen molar-refractivity contribution in [2.24, 2.45) is 11.8 Å². The molecule has 1 aromatic rings. The lowest BCUT2D eigenvalue weighted by Gasteiger charge is -2.26. The van der Waals surface area contributed by atoms with Gasteiger partial charge in [0.2, 0.25) is 0 Å². The maximum Gasteiger partial charge on any atom is 0.0640 e. The number of hydrogen-bond acceptors (Lipinski definition) is 2. The van der Waals surface area contributed by atoms with Crippen LogP contribution in [-0.4, -0.2) is 22.9 Å². The molecule has 3 heteroatoms. The van der Waals surface area contributed by atoms with E-state index >= 15 is 0 Å². The molecule has 3 nitrogen and oxygen atoms in total. The number of likely N-dealkylation sites (N-methyl/N-ethyl adjacent to an activating group) is 1. The van der Waals surface area contributed by atoms with Gasteiger partial charge in [-0.15, -0.1) is 0 Å². The zero-order chi connectivity index (χ0) is 13.8. The van der Waals surface area contributed by atoms with Gasteiger partial charge in [0.15, 0.2) is 0 Å². The van der Waals surface area contributed by atoms with E-state index in [-0.39, 0.29) is 0 Å². The molecule has 2 unspecified atom stereocenters. The predicted octanol–water partition coefficient (Wildman–Crippen LogP) is 3.42. The smallest absolute Gasteiger partial charge is 0.0640 e. The van der Waals surface area contributed by atoms with E-state index in [1.807, 2.05) is 0 Å². The zero-order valence-corrected chi connectivity index (χ0v) is 12.9. The summed E-state index contributed by atoms with van der Waals surface area (Å²) in [6.07, 6.45) is 8.55. The number of nitrogens with one attached hydrogen (secondary N) is 1. The summed E-state index contributed by atoms with van der Waals surface area (Å²) in [6.45, 7) is 6.93. The first-order chi connectivity index (χ1) is 9.11. The lowest BCUT2D eigenvalue weighted by atomic mass is 9.88. The van der Waals surface area contributed by atoms with Crippen molar-refractivity contribution in [2.75, 3.05) is 7.05 Å². The third-order valence-corrected chi connectivity index (χ3v) is 4.85. The Morgan fingerprint density at radius 1 is 1.32 bits per heavy atom. The number of hydrogen-bond donors (Lipinski definition) is 1. The van der Waals surface area contributed by atoms with Crippen molar-refractivity contribution in [3.63, 3.8) is 0 Å². The van der Waals surface area contributed by atoms with Crippen LogP contribution in [0.5, 0.6) is 0 Å². The summed E-state index contributed by atoms with van der Waals surface area (Å²) in [5.41, 5.74) is 1.23. The molecule has 1 aliphatic carbocycles. The number of nitrogens with zero attached hydrogens (tertiary/aromatic N) is 2. The largest absolute Gasteiger partial charge is 0.316 e. The lowest BCUT2D eigenvalue weighted by Crippen LogP contribution is -2.36. The SMILES string of the molecule is CNC(Cc1ccn(C2CCCC2)n1)C(C)C(C)C. The Bertz CT molecular complexity index is 377.